The zero-order chi connectivity index (χ0) is 12.1. The quantitative estimate of drug-likeness (QED) is 0.685. The number of nitrogens with zero attached hydrogens (tertiary/aromatic N) is 1. The molecule has 1 fully saturated rings. The van der Waals surface area contributed by atoms with Crippen LogP contribution in [0, 0.1) is 10.8 Å². The molecule has 3 rings (SSSR count). The molecule has 2 aliphatic rings. The lowest BCUT2D eigenvalue weighted by atomic mass is 9.56. The van der Waals surface area contributed by atoms with Gasteiger partial charge in [0.05, 0.1) is 6.04 Å². The van der Waals surface area contributed by atoms with Crippen LogP contribution >= 0.6 is 0 Å². The van der Waals surface area contributed by atoms with Crippen molar-refractivity contribution in [1.29, 1.82) is 0 Å². The van der Waals surface area contributed by atoms with E-state index < -0.39 is 0 Å². The van der Waals surface area contributed by atoms with Gasteiger partial charge >= 0.3 is 0 Å². The van der Waals surface area contributed by atoms with Crippen LogP contribution in [0.25, 0.3) is 0 Å². The normalized spacial score (nSPS) is 34.5. The lowest BCUT2D eigenvalue weighted by Gasteiger charge is -2.46. The molecule has 0 aromatic heterocycles. The zero-order valence-electron chi connectivity index (χ0n) is 11.0. The molecule has 2 atom stereocenters. The van der Waals surface area contributed by atoms with Gasteiger partial charge < -0.3 is 0 Å². The van der Waals surface area contributed by atoms with Crippen molar-refractivity contribution < 1.29 is 0 Å². The van der Waals surface area contributed by atoms with Crippen molar-refractivity contribution in [2.24, 2.45) is 15.8 Å². The van der Waals surface area contributed by atoms with Gasteiger partial charge in [-0.2, -0.15) is 0 Å². The number of hydrogen-bond donors (Lipinski definition) is 0. The van der Waals surface area contributed by atoms with Crippen LogP contribution in [-0.2, 0) is 0 Å². The summed E-state index contributed by atoms with van der Waals surface area (Å²) in [6.07, 6.45) is 3.80. The largest absolute Gasteiger partial charge is 0.285 e. The lowest BCUT2D eigenvalue weighted by Crippen LogP contribution is -2.43. The maximum atomic E-state index is 5.00. The molecule has 1 aromatic carbocycles. The molecular weight excluding hydrogens is 206 g/mol. The Bertz CT molecular complexity index is 458. The van der Waals surface area contributed by atoms with Crippen LogP contribution in [-0.4, -0.2) is 11.8 Å². The van der Waals surface area contributed by atoms with Gasteiger partial charge in [-0.15, -0.1) is 0 Å². The Morgan fingerprint density at radius 3 is 2.53 bits per heavy atom. The Kier molecular flexibility index (Phi) is 2.23. The first kappa shape index (κ1) is 11.0. The predicted octanol–water partition coefficient (Wildman–Crippen LogP) is 4.07. The van der Waals surface area contributed by atoms with Crippen molar-refractivity contribution in [2.45, 2.75) is 46.1 Å². The first-order valence-electron chi connectivity index (χ1n) is 6.67. The molecular formula is C16H21N. The second-order valence-electron chi connectivity index (χ2n) is 6.46. The van der Waals surface area contributed by atoms with E-state index in [4.69, 9.17) is 4.99 Å². The third-order valence-electron chi connectivity index (χ3n) is 5.12. The molecule has 0 spiro atoms. The van der Waals surface area contributed by atoms with Crippen molar-refractivity contribution in [1.82, 2.24) is 0 Å². The maximum absolute atomic E-state index is 5.00. The van der Waals surface area contributed by atoms with Gasteiger partial charge in [0.1, 0.15) is 0 Å². The zero-order valence-corrected chi connectivity index (χ0v) is 11.0. The Morgan fingerprint density at radius 2 is 1.82 bits per heavy atom. The summed E-state index contributed by atoms with van der Waals surface area (Å²) in [5.41, 5.74) is 3.31. The van der Waals surface area contributed by atoms with Crippen molar-refractivity contribution >= 4 is 5.71 Å². The van der Waals surface area contributed by atoms with Gasteiger partial charge in [0.2, 0.25) is 0 Å². The number of fused-ring (bicyclic) bond motifs is 2. The smallest absolute Gasteiger partial charge is 0.0512 e. The summed E-state index contributed by atoms with van der Waals surface area (Å²) in [6.45, 7) is 7.23. The summed E-state index contributed by atoms with van der Waals surface area (Å²) in [7, 11) is 0. The van der Waals surface area contributed by atoms with E-state index in [0.717, 1.165) is 0 Å². The van der Waals surface area contributed by atoms with Crippen LogP contribution in [0.3, 0.4) is 0 Å². The Labute approximate surface area is 104 Å². The Hall–Kier alpha value is -1.11. The Balaban J connectivity index is 2.09. The summed E-state index contributed by atoms with van der Waals surface area (Å²) >= 11 is 0. The average molecular weight is 227 g/mol. The van der Waals surface area contributed by atoms with E-state index in [1.165, 1.54) is 30.5 Å². The first-order chi connectivity index (χ1) is 8.03. The van der Waals surface area contributed by atoms with E-state index in [2.05, 4.69) is 51.1 Å². The molecule has 17 heavy (non-hydrogen) atoms. The highest BCUT2D eigenvalue weighted by atomic mass is 14.9. The standard InChI is InChI=1S/C16H21N/c1-15(2)10-9-13-11-16(15,3)14(17-13)12-7-5-4-6-8-12/h4-8,13H,9-11H2,1-3H3. The van der Waals surface area contributed by atoms with E-state index in [1.54, 1.807) is 0 Å². The highest BCUT2D eigenvalue weighted by Gasteiger charge is 2.52. The fourth-order valence-corrected chi connectivity index (χ4v) is 3.49. The van der Waals surface area contributed by atoms with Gasteiger partial charge in [-0.05, 0) is 30.2 Å². The molecule has 1 aliphatic heterocycles. The molecule has 1 saturated carbocycles. The molecule has 1 nitrogen and oxygen atoms in total. The monoisotopic (exact) mass is 227 g/mol. The third kappa shape index (κ3) is 1.48. The van der Waals surface area contributed by atoms with Gasteiger partial charge in [0.15, 0.2) is 0 Å². The van der Waals surface area contributed by atoms with Crippen LogP contribution in [0.15, 0.2) is 35.3 Å². The van der Waals surface area contributed by atoms with Gasteiger partial charge in [0, 0.05) is 11.1 Å². The topological polar surface area (TPSA) is 12.4 Å². The molecule has 2 bridgehead atoms. The molecule has 1 heterocycles. The minimum atomic E-state index is 0.261. The van der Waals surface area contributed by atoms with Crippen molar-refractivity contribution in [3.8, 4) is 0 Å². The van der Waals surface area contributed by atoms with E-state index in [1.807, 2.05) is 0 Å². The van der Waals surface area contributed by atoms with Crippen LogP contribution in [0.1, 0.15) is 45.6 Å². The molecule has 0 saturated heterocycles. The van der Waals surface area contributed by atoms with E-state index in [-0.39, 0.29) is 5.41 Å². The van der Waals surface area contributed by atoms with Gasteiger partial charge in [-0.25, -0.2) is 0 Å². The minimum absolute atomic E-state index is 0.261. The molecule has 2 unspecified atom stereocenters. The molecule has 1 aliphatic carbocycles. The van der Waals surface area contributed by atoms with Crippen molar-refractivity contribution in [2.75, 3.05) is 0 Å². The molecule has 90 valence electrons. The molecule has 0 amide bonds. The molecule has 1 aromatic rings. The molecule has 1 heteroatoms. The summed E-state index contributed by atoms with van der Waals surface area (Å²) in [4.78, 5) is 5.00. The molecule has 0 radical (unpaired) electrons. The lowest BCUT2D eigenvalue weighted by molar-refractivity contribution is 0.105. The second-order valence-corrected chi connectivity index (χ2v) is 6.46. The van der Waals surface area contributed by atoms with Crippen LogP contribution < -0.4 is 0 Å². The summed E-state index contributed by atoms with van der Waals surface area (Å²) < 4.78 is 0. The van der Waals surface area contributed by atoms with Crippen LogP contribution in [0.4, 0.5) is 0 Å². The fraction of sp³-hybridized carbons (Fsp3) is 0.562. The number of benzene rings is 1. The highest BCUT2D eigenvalue weighted by Crippen LogP contribution is 2.56. The number of hydrogen-bond acceptors (Lipinski definition) is 1. The van der Waals surface area contributed by atoms with Gasteiger partial charge in [-0.3, -0.25) is 4.99 Å². The van der Waals surface area contributed by atoms with Crippen molar-refractivity contribution in [3.05, 3.63) is 35.9 Å². The van der Waals surface area contributed by atoms with E-state index in [9.17, 15) is 0 Å². The summed E-state index contributed by atoms with van der Waals surface area (Å²) in [5.74, 6) is 0. The van der Waals surface area contributed by atoms with Gasteiger partial charge in [-0.1, -0.05) is 51.1 Å². The molecule has 0 N–H and O–H groups in total. The minimum Gasteiger partial charge on any atom is -0.285 e. The number of rotatable bonds is 1. The van der Waals surface area contributed by atoms with E-state index in [0.29, 0.717) is 11.5 Å². The fourth-order valence-electron chi connectivity index (χ4n) is 3.49. The van der Waals surface area contributed by atoms with Crippen LogP contribution in [0.2, 0.25) is 0 Å². The summed E-state index contributed by atoms with van der Waals surface area (Å²) in [5, 5.41) is 0. The maximum Gasteiger partial charge on any atom is 0.0512 e. The highest BCUT2D eigenvalue weighted by molar-refractivity contribution is 6.06. The predicted molar refractivity (Wildman–Crippen MR) is 72.5 cm³/mol. The Morgan fingerprint density at radius 1 is 1.12 bits per heavy atom. The summed E-state index contributed by atoms with van der Waals surface area (Å²) in [6, 6.07) is 11.3. The van der Waals surface area contributed by atoms with E-state index >= 15 is 0 Å². The van der Waals surface area contributed by atoms with Crippen LogP contribution in [0.5, 0.6) is 0 Å². The third-order valence-corrected chi connectivity index (χ3v) is 5.12. The number of aliphatic imine (C=N–C) groups is 1. The van der Waals surface area contributed by atoms with Gasteiger partial charge in [0.25, 0.3) is 0 Å². The average Bonchev–Trinajstić information content (AvgIpc) is 2.62. The second kappa shape index (κ2) is 3.44. The SMILES string of the molecule is CC1(C)CCC2CC1(C)C(c1ccccc1)=N2. The first-order valence-corrected chi connectivity index (χ1v) is 6.67. The van der Waals surface area contributed by atoms with Crippen molar-refractivity contribution in [3.63, 3.8) is 0 Å².